The normalized spacial score (nSPS) is 14.3. The van der Waals surface area contributed by atoms with E-state index in [0.717, 1.165) is 28.9 Å². The van der Waals surface area contributed by atoms with Crippen molar-refractivity contribution in [2.45, 2.75) is 0 Å². The summed E-state index contributed by atoms with van der Waals surface area (Å²) in [5.74, 6) is 0.541. The molecule has 3 rings (SSSR count). The molecule has 1 fully saturated rings. The molecule has 0 spiro atoms. The van der Waals surface area contributed by atoms with E-state index in [9.17, 15) is 4.79 Å². The summed E-state index contributed by atoms with van der Waals surface area (Å²) < 4.78 is 11.5. The fourth-order valence-corrected chi connectivity index (χ4v) is 3.12. The topological polar surface area (TPSA) is 50.8 Å². The van der Waals surface area contributed by atoms with Gasteiger partial charge in [-0.05, 0) is 40.2 Å². The van der Waals surface area contributed by atoms with Crippen LogP contribution in [-0.4, -0.2) is 39.3 Å². The Morgan fingerprint density at radius 3 is 2.67 bits per heavy atom. The zero-order chi connectivity index (χ0) is 16.9. The molecule has 1 aliphatic heterocycles. The number of morpholine rings is 1. The summed E-state index contributed by atoms with van der Waals surface area (Å²) >= 11 is 3.42. The van der Waals surface area contributed by atoms with E-state index < -0.39 is 0 Å². The molecule has 1 heterocycles. The molecule has 1 amide bonds. The van der Waals surface area contributed by atoms with Gasteiger partial charge in [0.2, 0.25) is 0 Å². The van der Waals surface area contributed by atoms with Crippen LogP contribution >= 0.6 is 15.9 Å². The first kappa shape index (κ1) is 16.8. The van der Waals surface area contributed by atoms with E-state index in [1.807, 2.05) is 36.4 Å². The minimum absolute atomic E-state index is 0.162. The number of anilines is 2. The summed E-state index contributed by atoms with van der Waals surface area (Å²) in [5, 5.41) is 3.01. The molecule has 0 unspecified atom stereocenters. The van der Waals surface area contributed by atoms with Crippen LogP contribution in [-0.2, 0) is 4.74 Å². The number of halogens is 1. The number of carbonyl (C=O) groups is 1. The molecule has 5 nitrogen and oxygen atoms in total. The van der Waals surface area contributed by atoms with E-state index in [0.29, 0.717) is 24.5 Å². The first-order valence-corrected chi connectivity index (χ1v) is 8.55. The molecule has 0 atom stereocenters. The number of hydrogen-bond donors (Lipinski definition) is 1. The van der Waals surface area contributed by atoms with Gasteiger partial charge >= 0.3 is 0 Å². The van der Waals surface area contributed by atoms with Crippen molar-refractivity contribution in [3.8, 4) is 5.75 Å². The van der Waals surface area contributed by atoms with E-state index in [1.165, 1.54) is 0 Å². The Bertz CT molecular complexity index is 730. The molecular formula is C18H19BrN2O3. The van der Waals surface area contributed by atoms with Crippen molar-refractivity contribution in [2.24, 2.45) is 0 Å². The van der Waals surface area contributed by atoms with Crippen LogP contribution in [0.1, 0.15) is 10.4 Å². The lowest BCUT2D eigenvalue weighted by molar-refractivity contribution is 0.102. The van der Waals surface area contributed by atoms with Gasteiger partial charge in [0.25, 0.3) is 5.91 Å². The summed E-state index contributed by atoms with van der Waals surface area (Å²) in [6.45, 7) is 2.96. The molecule has 126 valence electrons. The number of nitrogens with one attached hydrogen (secondary N) is 1. The van der Waals surface area contributed by atoms with Gasteiger partial charge in [-0.15, -0.1) is 0 Å². The number of carbonyl (C=O) groups excluding carboxylic acids is 1. The summed E-state index contributed by atoms with van der Waals surface area (Å²) in [5.41, 5.74) is 2.30. The first-order chi connectivity index (χ1) is 11.7. The van der Waals surface area contributed by atoms with Crippen LogP contribution in [0.2, 0.25) is 0 Å². The number of amides is 1. The maximum atomic E-state index is 12.6. The third-order valence-electron chi connectivity index (χ3n) is 3.92. The molecule has 2 aromatic carbocycles. The van der Waals surface area contributed by atoms with Gasteiger partial charge in [0.15, 0.2) is 0 Å². The van der Waals surface area contributed by atoms with Gasteiger partial charge in [0.1, 0.15) is 5.75 Å². The molecule has 0 aromatic heterocycles. The van der Waals surface area contributed by atoms with Crippen LogP contribution in [0.25, 0.3) is 0 Å². The zero-order valence-corrected chi connectivity index (χ0v) is 15.0. The highest BCUT2D eigenvalue weighted by atomic mass is 79.9. The van der Waals surface area contributed by atoms with Gasteiger partial charge in [-0.1, -0.05) is 12.1 Å². The average molecular weight is 391 g/mol. The predicted octanol–water partition coefficient (Wildman–Crippen LogP) is 3.55. The molecule has 24 heavy (non-hydrogen) atoms. The van der Waals surface area contributed by atoms with Gasteiger partial charge in [0, 0.05) is 23.6 Å². The van der Waals surface area contributed by atoms with Crippen molar-refractivity contribution >= 4 is 33.2 Å². The molecule has 6 heteroatoms. The van der Waals surface area contributed by atoms with Gasteiger partial charge in [-0.2, -0.15) is 0 Å². The van der Waals surface area contributed by atoms with E-state index in [1.54, 1.807) is 13.2 Å². The Kier molecular flexibility index (Phi) is 5.37. The number of ether oxygens (including phenoxy) is 2. The van der Waals surface area contributed by atoms with E-state index in [-0.39, 0.29) is 5.91 Å². The fraction of sp³-hybridized carbons (Fsp3) is 0.278. The van der Waals surface area contributed by atoms with E-state index in [2.05, 4.69) is 26.1 Å². The van der Waals surface area contributed by atoms with Crippen molar-refractivity contribution in [2.75, 3.05) is 43.6 Å². The largest absolute Gasteiger partial charge is 0.497 e. The lowest BCUT2D eigenvalue weighted by Gasteiger charge is -2.30. The Hall–Kier alpha value is -2.05. The number of hydrogen-bond acceptors (Lipinski definition) is 4. The third-order valence-corrected chi connectivity index (χ3v) is 4.61. The Labute approximate surface area is 149 Å². The maximum Gasteiger partial charge on any atom is 0.256 e. The predicted molar refractivity (Wildman–Crippen MR) is 98.1 cm³/mol. The molecule has 0 radical (unpaired) electrons. The fourth-order valence-electron chi connectivity index (χ4n) is 2.66. The van der Waals surface area contributed by atoms with Gasteiger partial charge < -0.3 is 19.7 Å². The highest BCUT2D eigenvalue weighted by molar-refractivity contribution is 9.10. The van der Waals surface area contributed by atoms with E-state index >= 15 is 0 Å². The standard InChI is InChI=1S/C18H19BrN2O3/c1-23-13-6-7-17(21-8-10-24-11-9-21)16(12-13)20-18(22)14-4-2-3-5-15(14)19/h2-7,12H,8-11H2,1H3,(H,20,22). The number of benzene rings is 2. The van der Waals surface area contributed by atoms with Crippen LogP contribution in [0, 0.1) is 0 Å². The summed E-state index contributed by atoms with van der Waals surface area (Å²) in [6, 6.07) is 13.1. The second-order valence-electron chi connectivity index (χ2n) is 5.42. The minimum atomic E-state index is -0.162. The Morgan fingerprint density at radius 2 is 1.96 bits per heavy atom. The average Bonchev–Trinajstić information content (AvgIpc) is 2.62. The van der Waals surface area contributed by atoms with Gasteiger partial charge in [-0.3, -0.25) is 4.79 Å². The van der Waals surface area contributed by atoms with Crippen LogP contribution in [0.3, 0.4) is 0 Å². The Morgan fingerprint density at radius 1 is 1.21 bits per heavy atom. The van der Waals surface area contributed by atoms with Crippen LogP contribution < -0.4 is 15.0 Å². The lowest BCUT2D eigenvalue weighted by Crippen LogP contribution is -2.36. The lowest BCUT2D eigenvalue weighted by atomic mass is 10.1. The minimum Gasteiger partial charge on any atom is -0.497 e. The van der Waals surface area contributed by atoms with Gasteiger partial charge in [-0.25, -0.2) is 0 Å². The van der Waals surface area contributed by atoms with Crippen molar-refractivity contribution < 1.29 is 14.3 Å². The highest BCUT2D eigenvalue weighted by Crippen LogP contribution is 2.31. The summed E-state index contributed by atoms with van der Waals surface area (Å²) in [6.07, 6.45) is 0. The number of rotatable bonds is 4. The second kappa shape index (κ2) is 7.68. The van der Waals surface area contributed by atoms with Crippen LogP contribution in [0.4, 0.5) is 11.4 Å². The molecule has 1 N–H and O–H groups in total. The molecule has 0 saturated carbocycles. The third kappa shape index (κ3) is 3.71. The van der Waals surface area contributed by atoms with Crippen molar-refractivity contribution in [3.63, 3.8) is 0 Å². The molecule has 0 bridgehead atoms. The zero-order valence-electron chi connectivity index (χ0n) is 13.4. The number of methoxy groups -OCH3 is 1. The maximum absolute atomic E-state index is 12.6. The molecular weight excluding hydrogens is 372 g/mol. The van der Waals surface area contributed by atoms with Crippen LogP contribution in [0.15, 0.2) is 46.9 Å². The molecule has 1 aliphatic rings. The molecule has 1 saturated heterocycles. The first-order valence-electron chi connectivity index (χ1n) is 7.75. The van der Waals surface area contributed by atoms with Crippen molar-refractivity contribution in [1.82, 2.24) is 0 Å². The van der Waals surface area contributed by atoms with Crippen molar-refractivity contribution in [1.29, 1.82) is 0 Å². The second-order valence-corrected chi connectivity index (χ2v) is 6.27. The monoisotopic (exact) mass is 390 g/mol. The number of nitrogens with zero attached hydrogens (tertiary/aromatic N) is 1. The van der Waals surface area contributed by atoms with E-state index in [4.69, 9.17) is 9.47 Å². The van der Waals surface area contributed by atoms with Crippen LogP contribution in [0.5, 0.6) is 5.75 Å². The smallest absolute Gasteiger partial charge is 0.256 e. The SMILES string of the molecule is COc1ccc(N2CCOCC2)c(NC(=O)c2ccccc2Br)c1. The quantitative estimate of drug-likeness (QED) is 0.866. The summed E-state index contributed by atoms with van der Waals surface area (Å²) in [4.78, 5) is 14.9. The summed E-state index contributed by atoms with van der Waals surface area (Å²) in [7, 11) is 1.61. The Balaban J connectivity index is 1.90. The highest BCUT2D eigenvalue weighted by Gasteiger charge is 2.18. The van der Waals surface area contributed by atoms with Gasteiger partial charge in [0.05, 0.1) is 37.3 Å². The molecule has 0 aliphatic carbocycles. The van der Waals surface area contributed by atoms with Crippen molar-refractivity contribution in [3.05, 3.63) is 52.5 Å². The molecule has 2 aromatic rings.